The molecule has 7 heteroatoms. The van der Waals surface area contributed by atoms with Crippen LogP contribution in [-0.2, 0) is 0 Å². The smallest absolute Gasteiger partial charge is 0.337 e. The van der Waals surface area contributed by atoms with Crippen molar-refractivity contribution < 1.29 is 9.90 Å². The van der Waals surface area contributed by atoms with Gasteiger partial charge in [0.15, 0.2) is 0 Å². The zero-order valence-electron chi connectivity index (χ0n) is 7.65. The summed E-state index contributed by atoms with van der Waals surface area (Å²) in [4.78, 5) is 18.5. The predicted octanol–water partition coefficient (Wildman–Crippen LogP) is 3.06. The summed E-state index contributed by atoms with van der Waals surface area (Å²) >= 11 is 11.6. The largest absolute Gasteiger partial charge is 0.478 e. The lowest BCUT2D eigenvalue weighted by Gasteiger charge is -2.02. The van der Waals surface area contributed by atoms with Gasteiger partial charge in [0, 0.05) is 5.39 Å². The van der Waals surface area contributed by atoms with Gasteiger partial charge in [-0.3, -0.25) is 0 Å². The van der Waals surface area contributed by atoms with Crippen LogP contribution in [0.5, 0.6) is 0 Å². The molecule has 1 aromatic carbocycles. The fraction of sp³-hybridized carbons (Fsp3) is 0. The van der Waals surface area contributed by atoms with E-state index in [1.807, 2.05) is 0 Å². The average molecular weight is 280 g/mol. The minimum Gasteiger partial charge on any atom is -0.478 e. The van der Waals surface area contributed by atoms with Crippen molar-refractivity contribution in [2.24, 2.45) is 0 Å². The number of aromatic carboxylic acids is 1. The Bertz CT molecular complexity index is 560. The topological polar surface area (TPSA) is 63.1 Å². The van der Waals surface area contributed by atoms with E-state index in [2.05, 4.69) is 9.97 Å². The lowest BCUT2D eigenvalue weighted by atomic mass is 10.1. The van der Waals surface area contributed by atoms with Crippen LogP contribution >= 0.6 is 35.6 Å². The Labute approximate surface area is 107 Å². The highest BCUT2D eigenvalue weighted by Gasteiger charge is 2.12. The standard InChI is InChI=1S/C9H4Cl2N2O2.ClH/c10-6-1-5-7(2-4(6)9(14)15)12-3-13-8(5)11;/h1-3H,(H,14,15);1H. The van der Waals surface area contributed by atoms with Crippen molar-refractivity contribution in [3.8, 4) is 0 Å². The first kappa shape index (κ1) is 13.0. The molecule has 0 unspecified atom stereocenters. The molecule has 4 nitrogen and oxygen atoms in total. The van der Waals surface area contributed by atoms with Crippen molar-refractivity contribution >= 4 is 52.5 Å². The Balaban J connectivity index is 0.00000128. The Morgan fingerprint density at radius 3 is 2.56 bits per heavy atom. The van der Waals surface area contributed by atoms with Gasteiger partial charge in [-0.05, 0) is 12.1 Å². The van der Waals surface area contributed by atoms with E-state index < -0.39 is 5.97 Å². The molecule has 0 amide bonds. The molecule has 84 valence electrons. The predicted molar refractivity (Wildman–Crippen MR) is 63.8 cm³/mol. The molecule has 1 heterocycles. The van der Waals surface area contributed by atoms with Crippen molar-refractivity contribution in [3.05, 3.63) is 34.2 Å². The fourth-order valence-electron chi connectivity index (χ4n) is 1.21. The van der Waals surface area contributed by atoms with Crippen LogP contribution in [0.4, 0.5) is 0 Å². The molecule has 0 atom stereocenters. The second-order valence-corrected chi connectivity index (χ2v) is 3.58. The van der Waals surface area contributed by atoms with Gasteiger partial charge < -0.3 is 5.11 Å². The number of fused-ring (bicyclic) bond motifs is 1. The molecular formula is C9H5Cl3N2O2. The fourth-order valence-corrected chi connectivity index (χ4v) is 1.65. The number of carboxylic acids is 1. The molecule has 0 aliphatic carbocycles. The van der Waals surface area contributed by atoms with Gasteiger partial charge in [0.1, 0.15) is 11.5 Å². The van der Waals surface area contributed by atoms with Gasteiger partial charge in [-0.25, -0.2) is 14.8 Å². The number of halogens is 3. The van der Waals surface area contributed by atoms with Gasteiger partial charge in [-0.15, -0.1) is 12.4 Å². The van der Waals surface area contributed by atoms with E-state index in [9.17, 15) is 4.79 Å². The van der Waals surface area contributed by atoms with Crippen molar-refractivity contribution in [2.75, 3.05) is 0 Å². The molecule has 2 aromatic rings. The second-order valence-electron chi connectivity index (χ2n) is 2.82. The molecule has 16 heavy (non-hydrogen) atoms. The Kier molecular flexibility index (Phi) is 3.91. The van der Waals surface area contributed by atoms with E-state index >= 15 is 0 Å². The van der Waals surface area contributed by atoms with E-state index in [0.29, 0.717) is 10.9 Å². The third kappa shape index (κ3) is 2.19. The third-order valence-electron chi connectivity index (χ3n) is 1.91. The van der Waals surface area contributed by atoms with E-state index in [0.717, 1.165) is 0 Å². The average Bonchev–Trinajstić information content (AvgIpc) is 2.18. The summed E-state index contributed by atoms with van der Waals surface area (Å²) in [5.74, 6) is -1.10. The van der Waals surface area contributed by atoms with Crippen LogP contribution in [0.15, 0.2) is 18.5 Å². The molecule has 0 aliphatic heterocycles. The summed E-state index contributed by atoms with van der Waals surface area (Å²) in [7, 11) is 0. The molecular weight excluding hydrogens is 274 g/mol. The maximum absolute atomic E-state index is 10.8. The van der Waals surface area contributed by atoms with E-state index in [1.54, 1.807) is 0 Å². The number of carbonyl (C=O) groups is 1. The summed E-state index contributed by atoms with van der Waals surface area (Å²) in [6, 6.07) is 2.82. The number of rotatable bonds is 1. The van der Waals surface area contributed by atoms with Gasteiger partial charge in [0.25, 0.3) is 0 Å². The van der Waals surface area contributed by atoms with Crippen LogP contribution in [0.3, 0.4) is 0 Å². The molecule has 1 N–H and O–H groups in total. The number of aromatic nitrogens is 2. The number of hydrogen-bond acceptors (Lipinski definition) is 3. The normalized spacial score (nSPS) is 9.88. The summed E-state index contributed by atoms with van der Waals surface area (Å²) in [5.41, 5.74) is 0.454. The number of nitrogens with zero attached hydrogens (tertiary/aromatic N) is 2. The first-order valence-electron chi connectivity index (χ1n) is 3.92. The number of benzene rings is 1. The highest BCUT2D eigenvalue weighted by molar-refractivity contribution is 6.37. The molecule has 2 rings (SSSR count). The van der Waals surface area contributed by atoms with Gasteiger partial charge in [-0.1, -0.05) is 23.2 Å². The zero-order valence-corrected chi connectivity index (χ0v) is 9.97. The van der Waals surface area contributed by atoms with Gasteiger partial charge in [-0.2, -0.15) is 0 Å². The molecule has 1 aromatic heterocycles. The lowest BCUT2D eigenvalue weighted by Crippen LogP contribution is -1.98. The Hall–Kier alpha value is -1.10. The molecule has 0 fully saturated rings. The minimum atomic E-state index is -1.10. The molecule has 0 aliphatic rings. The highest BCUT2D eigenvalue weighted by Crippen LogP contribution is 2.26. The molecule has 0 saturated carbocycles. The first-order chi connectivity index (χ1) is 7.09. The number of hydrogen-bond donors (Lipinski definition) is 1. The van der Waals surface area contributed by atoms with Crippen molar-refractivity contribution in [3.63, 3.8) is 0 Å². The van der Waals surface area contributed by atoms with Crippen molar-refractivity contribution in [1.29, 1.82) is 0 Å². The van der Waals surface area contributed by atoms with Crippen LogP contribution < -0.4 is 0 Å². The quantitative estimate of drug-likeness (QED) is 0.815. The van der Waals surface area contributed by atoms with E-state index in [4.69, 9.17) is 28.3 Å². The second kappa shape index (κ2) is 4.82. The van der Waals surface area contributed by atoms with E-state index in [1.165, 1.54) is 18.5 Å². The molecule has 0 bridgehead atoms. The van der Waals surface area contributed by atoms with Crippen LogP contribution in [0.1, 0.15) is 10.4 Å². The Morgan fingerprint density at radius 1 is 1.25 bits per heavy atom. The van der Waals surface area contributed by atoms with Gasteiger partial charge in [0.2, 0.25) is 0 Å². The van der Waals surface area contributed by atoms with Gasteiger partial charge >= 0.3 is 5.97 Å². The van der Waals surface area contributed by atoms with Crippen LogP contribution in [0, 0.1) is 0 Å². The monoisotopic (exact) mass is 278 g/mol. The zero-order chi connectivity index (χ0) is 11.0. The summed E-state index contributed by atoms with van der Waals surface area (Å²) in [5, 5.41) is 9.74. The molecule has 0 saturated heterocycles. The van der Waals surface area contributed by atoms with Crippen LogP contribution in [-0.4, -0.2) is 21.0 Å². The first-order valence-corrected chi connectivity index (χ1v) is 4.68. The maximum atomic E-state index is 10.8. The summed E-state index contributed by atoms with van der Waals surface area (Å²) < 4.78 is 0. The Morgan fingerprint density at radius 2 is 1.94 bits per heavy atom. The third-order valence-corrected chi connectivity index (χ3v) is 2.52. The SMILES string of the molecule is Cl.O=C(O)c1cc2ncnc(Cl)c2cc1Cl. The highest BCUT2D eigenvalue weighted by atomic mass is 35.5. The maximum Gasteiger partial charge on any atom is 0.337 e. The lowest BCUT2D eigenvalue weighted by molar-refractivity contribution is 0.0697. The van der Waals surface area contributed by atoms with Crippen LogP contribution in [0.2, 0.25) is 10.2 Å². The molecule has 0 spiro atoms. The van der Waals surface area contributed by atoms with Crippen molar-refractivity contribution in [1.82, 2.24) is 9.97 Å². The van der Waals surface area contributed by atoms with Gasteiger partial charge in [0.05, 0.1) is 16.1 Å². The molecule has 0 radical (unpaired) electrons. The van der Waals surface area contributed by atoms with Crippen molar-refractivity contribution in [2.45, 2.75) is 0 Å². The number of carboxylic acid groups (broad SMARTS) is 1. The minimum absolute atomic E-state index is 0. The summed E-state index contributed by atoms with van der Waals surface area (Å²) in [6.07, 6.45) is 1.27. The van der Waals surface area contributed by atoms with E-state index in [-0.39, 0.29) is 28.1 Å². The van der Waals surface area contributed by atoms with Crippen LogP contribution in [0.25, 0.3) is 10.9 Å². The summed E-state index contributed by atoms with van der Waals surface area (Å²) in [6.45, 7) is 0.